The van der Waals surface area contributed by atoms with Gasteiger partial charge in [-0.2, -0.15) is 5.10 Å². The van der Waals surface area contributed by atoms with Crippen LogP contribution < -0.4 is 9.64 Å². The molecule has 0 bridgehead atoms. The zero-order chi connectivity index (χ0) is 18.7. The maximum atomic E-state index is 12.4. The Morgan fingerprint density at radius 2 is 1.81 bits per heavy atom. The molecule has 0 aromatic heterocycles. The second kappa shape index (κ2) is 7.60. The Morgan fingerprint density at radius 3 is 2.35 bits per heavy atom. The molecule has 0 spiro atoms. The predicted octanol–water partition coefficient (Wildman–Crippen LogP) is 3.85. The van der Waals surface area contributed by atoms with Gasteiger partial charge >= 0.3 is 0 Å². The molecule has 2 aromatic rings. The first-order valence-corrected chi connectivity index (χ1v) is 8.84. The largest absolute Gasteiger partial charge is 0.497 e. The second-order valence-electron chi connectivity index (χ2n) is 6.57. The molecule has 0 unspecified atom stereocenters. The number of benzene rings is 2. The lowest BCUT2D eigenvalue weighted by Crippen LogP contribution is -2.26. The summed E-state index contributed by atoms with van der Waals surface area (Å²) in [7, 11) is 5.68. The lowest BCUT2D eigenvalue weighted by molar-refractivity contribution is -0.132. The van der Waals surface area contributed by atoms with E-state index < -0.39 is 0 Å². The van der Waals surface area contributed by atoms with E-state index >= 15 is 0 Å². The van der Waals surface area contributed by atoms with E-state index in [-0.39, 0.29) is 11.9 Å². The molecule has 5 nitrogen and oxygen atoms in total. The standard InChI is InChI=1S/C21H25N3O2/c1-5-21(25)24-20(16-6-10-17(11-7-16)23(2)3)14-19(22-24)15-8-12-18(26-4)13-9-15/h6-13,20H,5,14H2,1-4H3/t20-/m0/s1. The molecule has 0 radical (unpaired) electrons. The number of rotatable bonds is 5. The quantitative estimate of drug-likeness (QED) is 0.822. The van der Waals surface area contributed by atoms with E-state index in [2.05, 4.69) is 34.3 Å². The summed E-state index contributed by atoms with van der Waals surface area (Å²) < 4.78 is 5.22. The summed E-state index contributed by atoms with van der Waals surface area (Å²) in [6.07, 6.45) is 1.14. The van der Waals surface area contributed by atoms with Crippen LogP contribution in [0, 0.1) is 0 Å². The van der Waals surface area contributed by atoms with Crippen LogP contribution in [0.25, 0.3) is 0 Å². The molecule has 0 fully saturated rings. The van der Waals surface area contributed by atoms with Crippen molar-refractivity contribution in [2.45, 2.75) is 25.8 Å². The van der Waals surface area contributed by atoms with Crippen LogP contribution in [0.1, 0.15) is 36.9 Å². The molecular formula is C21H25N3O2. The predicted molar refractivity (Wildman–Crippen MR) is 105 cm³/mol. The van der Waals surface area contributed by atoms with Crippen molar-refractivity contribution in [2.75, 3.05) is 26.1 Å². The van der Waals surface area contributed by atoms with E-state index in [0.29, 0.717) is 12.8 Å². The van der Waals surface area contributed by atoms with Gasteiger partial charge in [-0.3, -0.25) is 4.79 Å². The minimum atomic E-state index is -0.0595. The van der Waals surface area contributed by atoms with Gasteiger partial charge in [0.2, 0.25) is 5.91 Å². The highest BCUT2D eigenvalue weighted by Crippen LogP contribution is 2.34. The molecule has 136 valence electrons. The molecule has 1 heterocycles. The maximum absolute atomic E-state index is 12.4. The number of amides is 1. The fourth-order valence-electron chi connectivity index (χ4n) is 3.11. The van der Waals surface area contributed by atoms with Crippen LogP contribution in [0.15, 0.2) is 53.6 Å². The van der Waals surface area contributed by atoms with Gasteiger partial charge < -0.3 is 9.64 Å². The highest BCUT2D eigenvalue weighted by molar-refractivity contribution is 6.03. The lowest BCUT2D eigenvalue weighted by atomic mass is 9.98. The van der Waals surface area contributed by atoms with Crippen molar-refractivity contribution in [1.29, 1.82) is 0 Å². The van der Waals surface area contributed by atoms with Crippen LogP contribution in [0.3, 0.4) is 0 Å². The summed E-state index contributed by atoms with van der Waals surface area (Å²) in [5, 5.41) is 6.29. The molecular weight excluding hydrogens is 326 g/mol. The summed E-state index contributed by atoms with van der Waals surface area (Å²) in [5.74, 6) is 0.847. The van der Waals surface area contributed by atoms with Gasteiger partial charge in [0.25, 0.3) is 0 Å². The summed E-state index contributed by atoms with van der Waals surface area (Å²) in [4.78, 5) is 14.5. The van der Waals surface area contributed by atoms with E-state index in [9.17, 15) is 4.79 Å². The van der Waals surface area contributed by atoms with Crippen LogP contribution >= 0.6 is 0 Å². The lowest BCUT2D eigenvalue weighted by Gasteiger charge is -2.22. The van der Waals surface area contributed by atoms with Crippen LogP contribution in [0.4, 0.5) is 5.69 Å². The molecule has 1 amide bonds. The van der Waals surface area contributed by atoms with Gasteiger partial charge in [0.15, 0.2) is 0 Å². The number of carbonyl (C=O) groups excluding carboxylic acids is 1. The molecule has 3 rings (SSSR count). The van der Waals surface area contributed by atoms with Gasteiger partial charge in [-0.1, -0.05) is 19.1 Å². The Morgan fingerprint density at radius 1 is 1.15 bits per heavy atom. The van der Waals surface area contributed by atoms with Gasteiger partial charge in [-0.05, 0) is 47.5 Å². The van der Waals surface area contributed by atoms with Crippen molar-refractivity contribution in [2.24, 2.45) is 5.10 Å². The minimum Gasteiger partial charge on any atom is -0.497 e. The number of methoxy groups -OCH3 is 1. The number of anilines is 1. The van der Waals surface area contributed by atoms with E-state index in [4.69, 9.17) is 4.74 Å². The average Bonchev–Trinajstić information content (AvgIpc) is 3.13. The summed E-state index contributed by atoms with van der Waals surface area (Å²) >= 11 is 0. The third kappa shape index (κ3) is 3.57. The van der Waals surface area contributed by atoms with Crippen molar-refractivity contribution in [1.82, 2.24) is 5.01 Å². The van der Waals surface area contributed by atoms with E-state index in [1.54, 1.807) is 12.1 Å². The Labute approximate surface area is 154 Å². The zero-order valence-corrected chi connectivity index (χ0v) is 15.8. The fourth-order valence-corrected chi connectivity index (χ4v) is 3.11. The Kier molecular flexibility index (Phi) is 5.26. The van der Waals surface area contributed by atoms with E-state index in [1.807, 2.05) is 45.3 Å². The SMILES string of the molecule is CCC(=O)N1N=C(c2ccc(OC)cc2)C[C@H]1c1ccc(N(C)C)cc1. The van der Waals surface area contributed by atoms with Gasteiger partial charge in [0, 0.05) is 32.6 Å². The Bertz CT molecular complexity index is 795. The van der Waals surface area contributed by atoms with Gasteiger partial charge in [-0.25, -0.2) is 5.01 Å². The second-order valence-corrected chi connectivity index (χ2v) is 6.57. The van der Waals surface area contributed by atoms with Gasteiger partial charge in [0.1, 0.15) is 5.75 Å². The highest BCUT2D eigenvalue weighted by atomic mass is 16.5. The fraction of sp³-hybridized carbons (Fsp3) is 0.333. The normalized spacial score (nSPS) is 16.4. The van der Waals surface area contributed by atoms with E-state index in [0.717, 1.165) is 28.3 Å². The minimum absolute atomic E-state index is 0.0372. The zero-order valence-electron chi connectivity index (χ0n) is 15.8. The first-order valence-electron chi connectivity index (χ1n) is 8.84. The van der Waals surface area contributed by atoms with Gasteiger partial charge in [-0.15, -0.1) is 0 Å². The number of ether oxygens (including phenoxy) is 1. The third-order valence-corrected chi connectivity index (χ3v) is 4.69. The van der Waals surface area contributed by atoms with Crippen LogP contribution in [-0.2, 0) is 4.79 Å². The smallest absolute Gasteiger partial charge is 0.242 e. The molecule has 2 aromatic carbocycles. The first-order chi connectivity index (χ1) is 12.5. The molecule has 5 heteroatoms. The monoisotopic (exact) mass is 351 g/mol. The summed E-state index contributed by atoms with van der Waals surface area (Å²) in [6, 6.07) is 16.1. The summed E-state index contributed by atoms with van der Waals surface area (Å²) in [6.45, 7) is 1.87. The average molecular weight is 351 g/mol. The third-order valence-electron chi connectivity index (χ3n) is 4.69. The highest BCUT2D eigenvalue weighted by Gasteiger charge is 2.32. The first kappa shape index (κ1) is 18.0. The number of hydrazone groups is 1. The molecule has 26 heavy (non-hydrogen) atoms. The Hall–Kier alpha value is -2.82. The summed E-state index contributed by atoms with van der Waals surface area (Å²) in [5.41, 5.74) is 4.18. The van der Waals surface area contributed by atoms with E-state index in [1.165, 1.54) is 0 Å². The molecule has 0 N–H and O–H groups in total. The maximum Gasteiger partial charge on any atom is 0.242 e. The molecule has 1 aliphatic heterocycles. The topological polar surface area (TPSA) is 45.1 Å². The number of hydrogen-bond donors (Lipinski definition) is 0. The molecule has 1 atom stereocenters. The van der Waals surface area contributed by atoms with Crippen molar-refractivity contribution in [3.05, 3.63) is 59.7 Å². The van der Waals surface area contributed by atoms with Crippen molar-refractivity contribution in [3.8, 4) is 5.75 Å². The van der Waals surface area contributed by atoms with Crippen molar-refractivity contribution < 1.29 is 9.53 Å². The van der Waals surface area contributed by atoms with Crippen LogP contribution in [0.2, 0.25) is 0 Å². The van der Waals surface area contributed by atoms with Crippen molar-refractivity contribution in [3.63, 3.8) is 0 Å². The molecule has 1 aliphatic rings. The number of carbonyl (C=O) groups is 1. The van der Waals surface area contributed by atoms with Crippen LogP contribution in [0.5, 0.6) is 5.75 Å². The molecule has 0 aliphatic carbocycles. The number of hydrogen-bond acceptors (Lipinski definition) is 4. The van der Waals surface area contributed by atoms with Crippen molar-refractivity contribution >= 4 is 17.3 Å². The molecule has 0 saturated heterocycles. The Balaban J connectivity index is 1.89. The molecule has 0 saturated carbocycles. The van der Waals surface area contributed by atoms with Crippen LogP contribution in [-0.4, -0.2) is 37.8 Å². The van der Waals surface area contributed by atoms with Gasteiger partial charge in [0.05, 0.1) is 18.9 Å². The number of nitrogens with zero attached hydrogens (tertiary/aromatic N) is 3.